The van der Waals surface area contributed by atoms with Crippen LogP contribution >= 0.6 is 0 Å². The summed E-state index contributed by atoms with van der Waals surface area (Å²) in [4.78, 5) is 2.41. The highest BCUT2D eigenvalue weighted by molar-refractivity contribution is 6.12. The fourth-order valence-corrected chi connectivity index (χ4v) is 8.61. The minimum atomic E-state index is 0.887. The second-order valence-electron chi connectivity index (χ2n) is 14.5. The molecule has 0 radical (unpaired) electrons. The van der Waals surface area contributed by atoms with Gasteiger partial charge in [0.05, 0.1) is 22.4 Å². The molecule has 0 unspecified atom stereocenters. The standard InChI is InChI=1S/C54H36N2O/c1-3-16-37(17-4-1)38-30-32-40(33-31-38)55(51-27-12-13-28-52(51)56-49-25-10-7-20-43(49)44-21-8-11-26-50(44)56)41-34-35-42(39-18-5-2-6-19-39)48(36-41)47-24-15-23-46-45-22-9-14-29-53(45)57-54(46)47/h1-36H. The zero-order valence-electron chi connectivity index (χ0n) is 31.1. The van der Waals surface area contributed by atoms with Gasteiger partial charge in [0.25, 0.3) is 0 Å². The van der Waals surface area contributed by atoms with Gasteiger partial charge in [-0.15, -0.1) is 0 Å². The lowest BCUT2D eigenvalue weighted by Crippen LogP contribution is -2.13. The van der Waals surface area contributed by atoms with Gasteiger partial charge in [0, 0.05) is 38.5 Å². The Labute approximate surface area is 330 Å². The topological polar surface area (TPSA) is 21.3 Å². The first-order chi connectivity index (χ1) is 28.3. The molecule has 11 rings (SSSR count). The number of nitrogens with zero attached hydrogens (tertiary/aromatic N) is 2. The summed E-state index contributed by atoms with van der Waals surface area (Å²) in [7, 11) is 0. The number of fused-ring (bicyclic) bond motifs is 6. The number of anilines is 3. The quantitative estimate of drug-likeness (QED) is 0.163. The molecule has 2 heterocycles. The maximum Gasteiger partial charge on any atom is 0.143 e. The molecule has 0 aliphatic rings. The molecule has 0 aliphatic heterocycles. The molecule has 3 heteroatoms. The van der Waals surface area contributed by atoms with Gasteiger partial charge in [0.15, 0.2) is 0 Å². The normalized spacial score (nSPS) is 11.5. The number of hydrogen-bond donors (Lipinski definition) is 0. The average Bonchev–Trinajstić information content (AvgIpc) is 3.84. The van der Waals surface area contributed by atoms with E-state index in [0.717, 1.165) is 66.9 Å². The van der Waals surface area contributed by atoms with Crippen LogP contribution in [0, 0.1) is 0 Å². The zero-order valence-corrected chi connectivity index (χ0v) is 31.1. The monoisotopic (exact) mass is 728 g/mol. The van der Waals surface area contributed by atoms with Crippen LogP contribution in [-0.2, 0) is 0 Å². The van der Waals surface area contributed by atoms with Gasteiger partial charge in [0.2, 0.25) is 0 Å². The van der Waals surface area contributed by atoms with Gasteiger partial charge in [-0.3, -0.25) is 0 Å². The summed E-state index contributed by atoms with van der Waals surface area (Å²) < 4.78 is 9.10. The molecule has 0 atom stereocenters. The molecule has 0 N–H and O–H groups in total. The fourth-order valence-electron chi connectivity index (χ4n) is 8.61. The van der Waals surface area contributed by atoms with E-state index < -0.39 is 0 Å². The molecule has 2 aromatic heterocycles. The Kier molecular flexibility index (Phi) is 7.82. The van der Waals surface area contributed by atoms with Gasteiger partial charge < -0.3 is 13.9 Å². The van der Waals surface area contributed by atoms with Crippen LogP contribution in [0.4, 0.5) is 17.1 Å². The Hall–Kier alpha value is -7.62. The Balaban J connectivity index is 1.18. The molecule has 3 nitrogen and oxygen atoms in total. The van der Waals surface area contributed by atoms with Crippen molar-refractivity contribution in [3.8, 4) is 39.1 Å². The van der Waals surface area contributed by atoms with Crippen molar-refractivity contribution in [1.82, 2.24) is 4.57 Å². The summed E-state index contributed by atoms with van der Waals surface area (Å²) in [5.74, 6) is 0. The van der Waals surface area contributed by atoms with Crippen molar-refractivity contribution in [3.63, 3.8) is 0 Å². The predicted molar refractivity (Wildman–Crippen MR) is 239 cm³/mol. The van der Waals surface area contributed by atoms with Gasteiger partial charge in [-0.2, -0.15) is 0 Å². The second kappa shape index (κ2) is 13.6. The van der Waals surface area contributed by atoms with Gasteiger partial charge in [-0.1, -0.05) is 164 Å². The van der Waals surface area contributed by atoms with E-state index in [-0.39, 0.29) is 0 Å². The molecule has 0 saturated heterocycles. The summed E-state index contributed by atoms with van der Waals surface area (Å²) in [5.41, 5.74) is 15.2. The molecular weight excluding hydrogens is 693 g/mol. The Morgan fingerprint density at radius 2 is 0.912 bits per heavy atom. The molecule has 0 spiro atoms. The first-order valence-corrected chi connectivity index (χ1v) is 19.4. The molecule has 0 bridgehead atoms. The van der Waals surface area contributed by atoms with E-state index in [0.29, 0.717) is 0 Å². The van der Waals surface area contributed by atoms with Crippen LogP contribution in [-0.4, -0.2) is 4.57 Å². The maximum atomic E-state index is 6.69. The van der Waals surface area contributed by atoms with Crippen LogP contribution in [0.3, 0.4) is 0 Å². The van der Waals surface area contributed by atoms with Crippen molar-refractivity contribution in [3.05, 3.63) is 218 Å². The van der Waals surface area contributed by atoms with E-state index in [1.54, 1.807) is 0 Å². The number of furan rings is 1. The van der Waals surface area contributed by atoms with Crippen LogP contribution in [0.1, 0.15) is 0 Å². The largest absolute Gasteiger partial charge is 0.455 e. The first kappa shape index (κ1) is 32.8. The van der Waals surface area contributed by atoms with Gasteiger partial charge in [-0.25, -0.2) is 0 Å². The zero-order chi connectivity index (χ0) is 37.7. The molecule has 9 aromatic carbocycles. The molecule has 0 saturated carbocycles. The Morgan fingerprint density at radius 3 is 1.65 bits per heavy atom. The SMILES string of the molecule is c1ccc(-c2ccc(N(c3ccc(-c4ccccc4)c(-c4cccc5c4oc4ccccc45)c3)c3ccccc3-n3c4ccccc4c4ccccc43)cc2)cc1. The highest BCUT2D eigenvalue weighted by atomic mass is 16.3. The van der Waals surface area contributed by atoms with Crippen molar-refractivity contribution >= 4 is 60.8 Å². The number of para-hydroxylation sites is 6. The van der Waals surface area contributed by atoms with Gasteiger partial charge in [-0.05, 0) is 82.4 Å². The smallest absolute Gasteiger partial charge is 0.143 e. The summed E-state index contributed by atoms with van der Waals surface area (Å²) in [6, 6.07) is 78.1. The summed E-state index contributed by atoms with van der Waals surface area (Å²) in [6.45, 7) is 0. The number of rotatable bonds is 7. The first-order valence-electron chi connectivity index (χ1n) is 19.4. The summed E-state index contributed by atoms with van der Waals surface area (Å²) >= 11 is 0. The molecule has 0 fully saturated rings. The molecule has 57 heavy (non-hydrogen) atoms. The van der Waals surface area contributed by atoms with Gasteiger partial charge >= 0.3 is 0 Å². The van der Waals surface area contributed by atoms with E-state index in [4.69, 9.17) is 4.42 Å². The summed E-state index contributed by atoms with van der Waals surface area (Å²) in [6.07, 6.45) is 0. The highest BCUT2D eigenvalue weighted by Gasteiger charge is 2.23. The fraction of sp³-hybridized carbons (Fsp3) is 0. The molecule has 0 amide bonds. The highest BCUT2D eigenvalue weighted by Crippen LogP contribution is 2.46. The van der Waals surface area contributed by atoms with E-state index >= 15 is 0 Å². The van der Waals surface area contributed by atoms with Crippen molar-refractivity contribution in [2.45, 2.75) is 0 Å². The van der Waals surface area contributed by atoms with E-state index in [9.17, 15) is 0 Å². The van der Waals surface area contributed by atoms with Crippen molar-refractivity contribution in [2.24, 2.45) is 0 Å². The molecule has 0 aliphatic carbocycles. The van der Waals surface area contributed by atoms with Crippen LogP contribution < -0.4 is 4.90 Å². The van der Waals surface area contributed by atoms with Crippen molar-refractivity contribution < 1.29 is 4.42 Å². The molecular formula is C54H36N2O. The predicted octanol–water partition coefficient (Wildman–Crippen LogP) is 15.2. The maximum absolute atomic E-state index is 6.69. The van der Waals surface area contributed by atoms with E-state index in [1.165, 1.54) is 32.9 Å². The number of hydrogen-bond acceptors (Lipinski definition) is 2. The van der Waals surface area contributed by atoms with E-state index in [2.05, 4.69) is 222 Å². The third-order valence-electron chi connectivity index (χ3n) is 11.2. The molecule has 11 aromatic rings. The van der Waals surface area contributed by atoms with Gasteiger partial charge in [0.1, 0.15) is 11.2 Å². The number of benzene rings is 9. The van der Waals surface area contributed by atoms with Crippen molar-refractivity contribution in [1.29, 1.82) is 0 Å². The Bertz CT molecular complexity index is 3180. The second-order valence-corrected chi connectivity index (χ2v) is 14.5. The lowest BCUT2D eigenvalue weighted by atomic mass is 9.92. The third-order valence-corrected chi connectivity index (χ3v) is 11.2. The van der Waals surface area contributed by atoms with Crippen LogP contribution in [0.15, 0.2) is 223 Å². The molecule has 268 valence electrons. The Morgan fingerprint density at radius 1 is 0.351 bits per heavy atom. The van der Waals surface area contributed by atoms with Crippen molar-refractivity contribution in [2.75, 3.05) is 4.90 Å². The van der Waals surface area contributed by atoms with E-state index in [1.807, 2.05) is 6.07 Å². The number of aromatic nitrogens is 1. The average molecular weight is 729 g/mol. The van der Waals surface area contributed by atoms with Crippen LogP contribution in [0.5, 0.6) is 0 Å². The lowest BCUT2D eigenvalue weighted by molar-refractivity contribution is 0.670. The summed E-state index contributed by atoms with van der Waals surface area (Å²) in [5, 5.41) is 4.69. The lowest BCUT2D eigenvalue weighted by Gasteiger charge is -2.29. The van der Waals surface area contributed by atoms with Crippen LogP contribution in [0.25, 0.3) is 82.8 Å². The minimum Gasteiger partial charge on any atom is -0.455 e. The third kappa shape index (κ3) is 5.51. The van der Waals surface area contributed by atoms with Crippen LogP contribution in [0.2, 0.25) is 0 Å². The minimum absolute atomic E-state index is 0.887.